The van der Waals surface area contributed by atoms with Crippen LogP contribution in [0.4, 0.5) is 0 Å². The minimum atomic E-state index is 0.885. The van der Waals surface area contributed by atoms with Crippen LogP contribution in [0.5, 0.6) is 0 Å². The molecule has 0 bridgehead atoms. The van der Waals surface area contributed by atoms with E-state index in [1.165, 1.54) is 33.2 Å². The zero-order valence-corrected chi connectivity index (χ0v) is 17.7. The third-order valence-corrected chi connectivity index (χ3v) is 5.97. The highest BCUT2D eigenvalue weighted by Gasteiger charge is 2.16. The molecule has 5 rings (SSSR count). The summed E-state index contributed by atoms with van der Waals surface area (Å²) >= 11 is 0. The lowest BCUT2D eigenvalue weighted by molar-refractivity contribution is -0.663. The number of hydrogen-bond donors (Lipinski definition) is 0. The van der Waals surface area contributed by atoms with Gasteiger partial charge in [0.2, 0.25) is 12.7 Å². The van der Waals surface area contributed by atoms with Gasteiger partial charge in [-0.25, -0.2) is 18.3 Å². The van der Waals surface area contributed by atoms with Crippen molar-refractivity contribution in [1.82, 2.24) is 9.13 Å². The minimum Gasteiger partial charge on any atom is -0.230 e. The van der Waals surface area contributed by atoms with Crippen molar-refractivity contribution in [2.24, 2.45) is 0 Å². The molecule has 2 aromatic heterocycles. The van der Waals surface area contributed by atoms with Gasteiger partial charge < -0.3 is 0 Å². The van der Waals surface area contributed by atoms with Gasteiger partial charge in [-0.15, -0.1) is 0 Å². The molecular weight excluding hydrogens is 368 g/mol. The van der Waals surface area contributed by atoms with Crippen molar-refractivity contribution in [3.05, 3.63) is 96.6 Å². The first-order chi connectivity index (χ1) is 14.8. The molecule has 4 nitrogen and oxygen atoms in total. The molecule has 0 spiro atoms. The molecule has 0 saturated carbocycles. The zero-order chi connectivity index (χ0) is 20.5. The molecule has 0 N–H and O–H groups in total. The Bertz CT molecular complexity index is 1210. The molecule has 0 radical (unpaired) electrons. The lowest BCUT2D eigenvalue weighted by Gasteiger charge is -2.03. The number of fused-ring (bicyclic) bond motifs is 2. The van der Waals surface area contributed by atoms with Crippen LogP contribution in [0.25, 0.3) is 22.1 Å². The van der Waals surface area contributed by atoms with Gasteiger partial charge in [0.25, 0.3) is 0 Å². The van der Waals surface area contributed by atoms with Crippen molar-refractivity contribution in [3.8, 4) is 0 Å². The molecule has 2 heterocycles. The molecule has 0 amide bonds. The largest absolute Gasteiger partial charge is 0.245 e. The van der Waals surface area contributed by atoms with Crippen LogP contribution in [0.2, 0.25) is 0 Å². The summed E-state index contributed by atoms with van der Waals surface area (Å²) in [6.45, 7) is 8.12. The molecule has 30 heavy (non-hydrogen) atoms. The smallest absolute Gasteiger partial charge is 0.230 e. The Morgan fingerprint density at radius 2 is 0.967 bits per heavy atom. The normalized spacial score (nSPS) is 11.5. The summed E-state index contributed by atoms with van der Waals surface area (Å²) < 4.78 is 9.31. The average molecular weight is 397 g/mol. The van der Waals surface area contributed by atoms with Crippen LogP contribution in [0, 0.1) is 0 Å². The lowest BCUT2D eigenvalue weighted by Crippen LogP contribution is -2.33. The van der Waals surface area contributed by atoms with E-state index >= 15 is 0 Å². The summed E-state index contributed by atoms with van der Waals surface area (Å²) in [5, 5.41) is 0. The van der Waals surface area contributed by atoms with Gasteiger partial charge in [-0.05, 0) is 49.2 Å². The van der Waals surface area contributed by atoms with Crippen molar-refractivity contribution in [2.75, 3.05) is 0 Å². The van der Waals surface area contributed by atoms with E-state index in [9.17, 15) is 0 Å². The second-order valence-electron chi connectivity index (χ2n) is 7.85. The summed E-state index contributed by atoms with van der Waals surface area (Å²) in [6.07, 6.45) is 4.46. The summed E-state index contributed by atoms with van der Waals surface area (Å²) in [7, 11) is 0. The molecule has 0 aliphatic heterocycles. The second-order valence-corrected chi connectivity index (χ2v) is 7.85. The Hall–Kier alpha value is -3.40. The fourth-order valence-electron chi connectivity index (χ4n) is 4.38. The third kappa shape index (κ3) is 3.28. The van der Waals surface area contributed by atoms with Gasteiger partial charge in [0.15, 0.2) is 22.1 Å². The van der Waals surface area contributed by atoms with Gasteiger partial charge >= 0.3 is 0 Å². The van der Waals surface area contributed by atoms with E-state index in [0.29, 0.717) is 0 Å². The maximum atomic E-state index is 2.34. The Labute approximate surface area is 177 Å². The van der Waals surface area contributed by atoms with Crippen LogP contribution in [0.15, 0.2) is 85.5 Å². The first-order valence-electron chi connectivity index (χ1n) is 10.8. The SMILES string of the molecule is CCn1c[n+](Cc2ccc(C[n+]3cn(CC)c4ccccc43)cc2)c2ccccc21. The van der Waals surface area contributed by atoms with E-state index in [4.69, 9.17) is 0 Å². The third-order valence-electron chi connectivity index (χ3n) is 5.97. The Kier molecular flexibility index (Phi) is 4.83. The van der Waals surface area contributed by atoms with Gasteiger partial charge in [0, 0.05) is 0 Å². The van der Waals surface area contributed by atoms with Crippen molar-refractivity contribution in [3.63, 3.8) is 0 Å². The van der Waals surface area contributed by atoms with E-state index in [-0.39, 0.29) is 0 Å². The standard InChI is InChI=1S/C26H28N4/c1-3-27-19-29(25-11-7-5-9-23(25)27)17-21-13-15-22(16-14-21)18-30-20-28(4-2)24-10-6-8-12-26(24)30/h5-16,19-20H,3-4,17-18H2,1-2H3/q+2. The van der Waals surface area contributed by atoms with Crippen LogP contribution in [0.3, 0.4) is 0 Å². The van der Waals surface area contributed by atoms with Crippen LogP contribution in [-0.2, 0) is 26.2 Å². The minimum absolute atomic E-state index is 0.885. The first kappa shape index (κ1) is 18.6. The molecule has 3 aromatic carbocycles. The molecule has 0 unspecified atom stereocenters. The summed E-state index contributed by atoms with van der Waals surface area (Å²) in [6, 6.07) is 26.3. The number of aryl methyl sites for hydroxylation is 2. The van der Waals surface area contributed by atoms with Gasteiger partial charge in [0.05, 0.1) is 13.1 Å². The quantitative estimate of drug-likeness (QED) is 0.381. The molecule has 0 saturated heterocycles. The van der Waals surface area contributed by atoms with E-state index < -0.39 is 0 Å². The number of imidazole rings is 2. The summed E-state index contributed by atoms with van der Waals surface area (Å²) in [5.41, 5.74) is 7.80. The number of rotatable bonds is 6. The van der Waals surface area contributed by atoms with Crippen molar-refractivity contribution >= 4 is 22.1 Å². The van der Waals surface area contributed by atoms with Gasteiger partial charge in [-0.1, -0.05) is 48.5 Å². The summed E-state index contributed by atoms with van der Waals surface area (Å²) in [4.78, 5) is 0. The van der Waals surface area contributed by atoms with Crippen LogP contribution in [-0.4, -0.2) is 9.13 Å². The highest BCUT2D eigenvalue weighted by Crippen LogP contribution is 2.14. The number of para-hydroxylation sites is 4. The zero-order valence-electron chi connectivity index (χ0n) is 17.7. The molecule has 0 aliphatic carbocycles. The maximum Gasteiger partial charge on any atom is 0.245 e. The molecule has 0 fully saturated rings. The predicted octanol–water partition coefficient (Wildman–Crippen LogP) is 4.31. The Morgan fingerprint density at radius 3 is 1.37 bits per heavy atom. The number of hydrogen-bond acceptors (Lipinski definition) is 0. The number of aromatic nitrogens is 4. The fraction of sp³-hybridized carbons (Fsp3) is 0.231. The van der Waals surface area contributed by atoms with E-state index in [2.05, 4.69) is 118 Å². The van der Waals surface area contributed by atoms with E-state index in [0.717, 1.165) is 26.2 Å². The molecule has 4 heteroatoms. The highest BCUT2D eigenvalue weighted by molar-refractivity contribution is 5.72. The van der Waals surface area contributed by atoms with Gasteiger partial charge in [0.1, 0.15) is 13.1 Å². The van der Waals surface area contributed by atoms with Gasteiger partial charge in [-0.3, -0.25) is 0 Å². The van der Waals surface area contributed by atoms with Crippen molar-refractivity contribution in [1.29, 1.82) is 0 Å². The molecule has 0 atom stereocenters. The number of benzene rings is 3. The topological polar surface area (TPSA) is 17.6 Å². The maximum absolute atomic E-state index is 2.34. The van der Waals surface area contributed by atoms with E-state index in [1.807, 2.05) is 0 Å². The first-order valence-corrected chi connectivity index (χ1v) is 10.8. The van der Waals surface area contributed by atoms with Crippen LogP contribution < -0.4 is 9.13 Å². The van der Waals surface area contributed by atoms with E-state index in [1.54, 1.807) is 0 Å². The van der Waals surface area contributed by atoms with Gasteiger partial charge in [-0.2, -0.15) is 0 Å². The summed E-state index contributed by atoms with van der Waals surface area (Å²) in [5.74, 6) is 0. The molecule has 5 aromatic rings. The van der Waals surface area contributed by atoms with Crippen molar-refractivity contribution < 1.29 is 9.13 Å². The molecule has 0 aliphatic rings. The average Bonchev–Trinajstić information content (AvgIpc) is 3.33. The molecule has 150 valence electrons. The predicted molar refractivity (Wildman–Crippen MR) is 120 cm³/mol. The number of nitrogens with zero attached hydrogens (tertiary/aromatic N) is 4. The van der Waals surface area contributed by atoms with Crippen LogP contribution in [0.1, 0.15) is 25.0 Å². The Morgan fingerprint density at radius 1 is 0.567 bits per heavy atom. The Balaban J connectivity index is 1.39. The highest BCUT2D eigenvalue weighted by atomic mass is 15.1. The molecular formula is C26H28N4+2. The second kappa shape index (κ2) is 7.79. The van der Waals surface area contributed by atoms with Crippen molar-refractivity contribution in [2.45, 2.75) is 40.0 Å². The fourth-order valence-corrected chi connectivity index (χ4v) is 4.38. The lowest BCUT2D eigenvalue weighted by atomic mass is 10.1. The monoisotopic (exact) mass is 396 g/mol. The van der Waals surface area contributed by atoms with Crippen LogP contribution >= 0.6 is 0 Å².